The van der Waals surface area contributed by atoms with Gasteiger partial charge in [-0.25, -0.2) is 0 Å². The van der Waals surface area contributed by atoms with Crippen molar-refractivity contribution in [1.29, 1.82) is 0 Å². The number of hydrogen-bond donors (Lipinski definition) is 2. The average molecular weight is 334 g/mol. The van der Waals surface area contributed by atoms with E-state index in [2.05, 4.69) is 20.8 Å². The van der Waals surface area contributed by atoms with Crippen LogP contribution in [0.4, 0.5) is 17.2 Å². The highest BCUT2D eigenvalue weighted by molar-refractivity contribution is 6.02. The largest absolute Gasteiger partial charge is 0.454 e. The van der Waals surface area contributed by atoms with Crippen molar-refractivity contribution in [2.24, 2.45) is 0 Å². The smallest absolute Gasteiger partial charge is 0.276 e. The number of rotatable bonds is 4. The van der Waals surface area contributed by atoms with Crippen LogP contribution in [0, 0.1) is 0 Å². The lowest BCUT2D eigenvalue weighted by Gasteiger charge is -2.07. The number of anilines is 3. The maximum absolute atomic E-state index is 12.1. The maximum Gasteiger partial charge on any atom is 0.276 e. The lowest BCUT2D eigenvalue weighted by molar-refractivity contribution is 0.102. The molecule has 1 aliphatic heterocycles. The second-order valence-electron chi connectivity index (χ2n) is 5.32. The summed E-state index contributed by atoms with van der Waals surface area (Å²) in [6, 6.07) is 18.0. The van der Waals surface area contributed by atoms with E-state index in [9.17, 15) is 4.79 Å². The molecule has 0 unspecified atom stereocenters. The van der Waals surface area contributed by atoms with E-state index in [1.807, 2.05) is 36.4 Å². The molecule has 3 aromatic rings. The lowest BCUT2D eigenvalue weighted by Crippen LogP contribution is -2.14. The summed E-state index contributed by atoms with van der Waals surface area (Å²) in [4.78, 5) is 12.1. The van der Waals surface area contributed by atoms with Crippen LogP contribution in [-0.4, -0.2) is 22.9 Å². The third kappa shape index (κ3) is 3.35. The van der Waals surface area contributed by atoms with Crippen molar-refractivity contribution in [1.82, 2.24) is 10.2 Å². The summed E-state index contributed by atoms with van der Waals surface area (Å²) < 4.78 is 10.6. The number of nitrogens with zero attached hydrogens (tertiary/aromatic N) is 2. The van der Waals surface area contributed by atoms with E-state index in [0.29, 0.717) is 23.0 Å². The first-order valence-electron chi connectivity index (χ1n) is 7.65. The first-order valence-corrected chi connectivity index (χ1v) is 7.65. The van der Waals surface area contributed by atoms with Gasteiger partial charge in [0.2, 0.25) is 6.79 Å². The first-order chi connectivity index (χ1) is 12.3. The summed E-state index contributed by atoms with van der Waals surface area (Å²) in [6.07, 6.45) is 0. The van der Waals surface area contributed by atoms with E-state index in [0.717, 1.165) is 5.69 Å². The molecule has 7 nitrogen and oxygen atoms in total. The average Bonchev–Trinajstić information content (AvgIpc) is 3.11. The Morgan fingerprint density at radius 1 is 0.880 bits per heavy atom. The molecular formula is C18H14N4O3. The minimum Gasteiger partial charge on any atom is -0.454 e. The highest BCUT2D eigenvalue weighted by atomic mass is 16.7. The van der Waals surface area contributed by atoms with Crippen LogP contribution in [0.15, 0.2) is 60.7 Å². The molecule has 2 heterocycles. The molecule has 0 spiro atoms. The zero-order chi connectivity index (χ0) is 17.1. The van der Waals surface area contributed by atoms with Crippen LogP contribution in [0.2, 0.25) is 0 Å². The summed E-state index contributed by atoms with van der Waals surface area (Å²) in [7, 11) is 0. The van der Waals surface area contributed by atoms with Gasteiger partial charge in [0.15, 0.2) is 23.0 Å². The highest BCUT2D eigenvalue weighted by Crippen LogP contribution is 2.34. The number of benzene rings is 2. The molecule has 1 amide bonds. The predicted octanol–water partition coefficient (Wildman–Crippen LogP) is 3.20. The Kier molecular flexibility index (Phi) is 3.88. The predicted molar refractivity (Wildman–Crippen MR) is 92.3 cm³/mol. The number of carbonyl (C=O) groups excluding carboxylic acids is 1. The summed E-state index contributed by atoms with van der Waals surface area (Å²) in [6.45, 7) is 0.226. The molecule has 0 atom stereocenters. The van der Waals surface area contributed by atoms with Crippen LogP contribution < -0.4 is 20.1 Å². The number of ether oxygens (including phenoxy) is 2. The summed E-state index contributed by atoms with van der Waals surface area (Å²) in [5.41, 5.74) is 1.73. The van der Waals surface area contributed by atoms with Crippen LogP contribution in [0.3, 0.4) is 0 Å². The number of aromatic nitrogens is 2. The van der Waals surface area contributed by atoms with Crippen LogP contribution in [0.25, 0.3) is 0 Å². The molecule has 2 N–H and O–H groups in total. The number of para-hydroxylation sites is 1. The fourth-order valence-corrected chi connectivity index (χ4v) is 2.36. The maximum atomic E-state index is 12.1. The Morgan fingerprint density at radius 3 is 2.52 bits per heavy atom. The summed E-state index contributed by atoms with van der Waals surface area (Å²) >= 11 is 0. The van der Waals surface area contributed by atoms with Gasteiger partial charge in [-0.3, -0.25) is 4.79 Å². The minimum atomic E-state index is -0.312. The fraction of sp³-hybridized carbons (Fsp3) is 0.0556. The summed E-state index contributed by atoms with van der Waals surface area (Å²) in [5, 5.41) is 13.9. The topological polar surface area (TPSA) is 85.4 Å². The van der Waals surface area contributed by atoms with Gasteiger partial charge in [0, 0.05) is 17.4 Å². The third-order valence-electron chi connectivity index (χ3n) is 3.57. The molecule has 0 fully saturated rings. The minimum absolute atomic E-state index is 0.226. The van der Waals surface area contributed by atoms with E-state index < -0.39 is 0 Å². The molecule has 2 aromatic carbocycles. The van der Waals surface area contributed by atoms with Gasteiger partial charge in [0.1, 0.15) is 0 Å². The van der Waals surface area contributed by atoms with Gasteiger partial charge in [-0.05, 0) is 36.4 Å². The van der Waals surface area contributed by atoms with E-state index in [1.165, 1.54) is 0 Å². The Bertz CT molecular complexity index is 898. The number of carbonyl (C=O) groups is 1. The molecule has 0 bridgehead atoms. The quantitative estimate of drug-likeness (QED) is 0.762. The standard InChI is InChI=1S/C18H14N4O3/c23-18(20-12-4-2-1-3-5-12)14-7-9-17(22-21-14)19-13-6-8-15-16(10-13)25-11-24-15/h1-10H,11H2,(H,19,22)(H,20,23). The van der Waals surface area contributed by atoms with E-state index in [-0.39, 0.29) is 18.4 Å². The number of fused-ring (bicyclic) bond motifs is 1. The number of amides is 1. The Labute approximate surface area is 143 Å². The van der Waals surface area contributed by atoms with Gasteiger partial charge in [-0.1, -0.05) is 18.2 Å². The second-order valence-corrected chi connectivity index (χ2v) is 5.32. The molecule has 0 aliphatic carbocycles. The molecule has 25 heavy (non-hydrogen) atoms. The fourth-order valence-electron chi connectivity index (χ4n) is 2.36. The van der Waals surface area contributed by atoms with Gasteiger partial charge in [0.05, 0.1) is 0 Å². The Morgan fingerprint density at radius 2 is 1.72 bits per heavy atom. The van der Waals surface area contributed by atoms with Crippen LogP contribution in [0.1, 0.15) is 10.5 Å². The molecule has 0 saturated heterocycles. The van der Waals surface area contributed by atoms with E-state index in [4.69, 9.17) is 9.47 Å². The molecule has 1 aromatic heterocycles. The second kappa shape index (κ2) is 6.48. The molecule has 0 saturated carbocycles. The zero-order valence-electron chi connectivity index (χ0n) is 13.1. The van der Waals surface area contributed by atoms with Crippen molar-refractivity contribution < 1.29 is 14.3 Å². The number of hydrogen-bond acceptors (Lipinski definition) is 6. The molecule has 1 aliphatic rings. The van der Waals surface area contributed by atoms with Gasteiger partial charge in [-0.15, -0.1) is 10.2 Å². The van der Waals surface area contributed by atoms with Gasteiger partial charge in [-0.2, -0.15) is 0 Å². The lowest BCUT2D eigenvalue weighted by atomic mass is 10.2. The van der Waals surface area contributed by atoms with Crippen LogP contribution >= 0.6 is 0 Å². The summed E-state index contributed by atoms with van der Waals surface area (Å²) in [5.74, 6) is 1.60. The van der Waals surface area contributed by atoms with Crippen LogP contribution in [0.5, 0.6) is 11.5 Å². The monoisotopic (exact) mass is 334 g/mol. The van der Waals surface area contributed by atoms with Gasteiger partial charge < -0.3 is 20.1 Å². The zero-order valence-corrected chi connectivity index (χ0v) is 13.1. The normalized spacial score (nSPS) is 11.8. The first kappa shape index (κ1) is 14.9. The Balaban J connectivity index is 1.44. The molecule has 4 rings (SSSR count). The van der Waals surface area contributed by atoms with Crippen molar-refractivity contribution in [3.63, 3.8) is 0 Å². The molecule has 124 valence electrons. The van der Waals surface area contributed by atoms with Gasteiger partial charge >= 0.3 is 0 Å². The molecular weight excluding hydrogens is 320 g/mol. The van der Waals surface area contributed by atoms with Crippen LogP contribution in [-0.2, 0) is 0 Å². The molecule has 0 radical (unpaired) electrons. The van der Waals surface area contributed by atoms with Crippen molar-refractivity contribution in [3.8, 4) is 11.5 Å². The molecule has 7 heteroatoms. The van der Waals surface area contributed by atoms with Crippen molar-refractivity contribution >= 4 is 23.1 Å². The van der Waals surface area contributed by atoms with Crippen molar-refractivity contribution in [2.45, 2.75) is 0 Å². The van der Waals surface area contributed by atoms with E-state index in [1.54, 1.807) is 24.3 Å². The van der Waals surface area contributed by atoms with Gasteiger partial charge in [0.25, 0.3) is 5.91 Å². The van der Waals surface area contributed by atoms with E-state index >= 15 is 0 Å². The highest BCUT2D eigenvalue weighted by Gasteiger charge is 2.14. The SMILES string of the molecule is O=C(Nc1ccccc1)c1ccc(Nc2ccc3c(c2)OCO3)nn1. The van der Waals surface area contributed by atoms with Crippen molar-refractivity contribution in [2.75, 3.05) is 17.4 Å². The van der Waals surface area contributed by atoms with Crippen molar-refractivity contribution in [3.05, 3.63) is 66.4 Å². The number of nitrogens with one attached hydrogen (secondary N) is 2. The third-order valence-corrected chi connectivity index (χ3v) is 3.57. The Hall–Kier alpha value is -3.61.